The van der Waals surface area contributed by atoms with Crippen molar-refractivity contribution < 1.29 is 29.1 Å². The highest BCUT2D eigenvalue weighted by molar-refractivity contribution is 5.78. The van der Waals surface area contributed by atoms with Gasteiger partial charge in [0.15, 0.2) is 0 Å². The standard InChI is InChI=1S/C42H71NO6.C3H8.C2H6/c1-14-24-48-34(44)25-38(6,7)26-35(45)49-33(16-3)40(10,11)31-21-23-42(13)32(39(31,8)9)20-19-30-36(28(15-2)27(4)5)29(37(46)43-47)18-17-22-41(30,42)12;1-3-2;1-2/h14,28-33,36,47H,1,4,15-26H2,2-3,5-13H3,(H,43,46);3H2,1-2H3;1-2H3/t28-,29?,30?,31?,32?,33?,36?,41+,42?;;/m0../s1. The highest BCUT2D eigenvalue weighted by Crippen LogP contribution is 2.73. The highest BCUT2D eigenvalue weighted by atomic mass is 16.5. The number of hydroxylamine groups is 1. The van der Waals surface area contributed by atoms with Crippen molar-refractivity contribution in [2.45, 2.75) is 187 Å². The lowest BCUT2D eigenvalue weighted by Gasteiger charge is -2.69. The summed E-state index contributed by atoms with van der Waals surface area (Å²) in [6.45, 7) is 41.3. The summed E-state index contributed by atoms with van der Waals surface area (Å²) < 4.78 is 11.5. The zero-order valence-corrected chi connectivity index (χ0v) is 37.7. The van der Waals surface area contributed by atoms with Gasteiger partial charge in [-0.05, 0) is 110 Å². The van der Waals surface area contributed by atoms with Gasteiger partial charge in [0.05, 0.1) is 12.8 Å². The van der Waals surface area contributed by atoms with Crippen LogP contribution in [0.15, 0.2) is 24.8 Å². The summed E-state index contributed by atoms with van der Waals surface area (Å²) in [6, 6.07) is 0. The summed E-state index contributed by atoms with van der Waals surface area (Å²) in [6.07, 6.45) is 11.7. The van der Waals surface area contributed by atoms with Crippen LogP contribution in [0.25, 0.3) is 0 Å². The van der Waals surface area contributed by atoms with Crippen LogP contribution in [-0.2, 0) is 23.9 Å². The molecule has 314 valence electrons. The van der Waals surface area contributed by atoms with Crippen molar-refractivity contribution in [1.29, 1.82) is 0 Å². The molecule has 0 aromatic heterocycles. The van der Waals surface area contributed by atoms with Crippen LogP contribution in [0.3, 0.4) is 0 Å². The number of carbonyl (C=O) groups is 3. The summed E-state index contributed by atoms with van der Waals surface area (Å²) >= 11 is 0. The Bertz CT molecular complexity index is 1240. The zero-order valence-electron chi connectivity index (χ0n) is 37.7. The first kappa shape index (κ1) is 49.9. The van der Waals surface area contributed by atoms with Gasteiger partial charge in [0.25, 0.3) is 0 Å². The van der Waals surface area contributed by atoms with Crippen LogP contribution in [-0.4, -0.2) is 35.8 Å². The van der Waals surface area contributed by atoms with Crippen molar-refractivity contribution in [3.8, 4) is 0 Å². The number of esters is 2. The molecule has 1 amide bonds. The Kier molecular flexibility index (Phi) is 19.3. The van der Waals surface area contributed by atoms with E-state index in [1.807, 2.05) is 33.2 Å². The zero-order chi connectivity index (χ0) is 41.9. The van der Waals surface area contributed by atoms with Crippen LogP contribution in [0, 0.1) is 62.6 Å². The maximum absolute atomic E-state index is 13.4. The number of carbonyl (C=O) groups excluding carboxylic acids is 3. The van der Waals surface area contributed by atoms with Gasteiger partial charge in [-0.2, -0.15) is 0 Å². The van der Waals surface area contributed by atoms with Gasteiger partial charge in [0, 0.05) is 11.3 Å². The Morgan fingerprint density at radius 1 is 0.889 bits per heavy atom. The summed E-state index contributed by atoms with van der Waals surface area (Å²) in [4.78, 5) is 39.0. The Balaban J connectivity index is 0.00000277. The average Bonchev–Trinajstić information content (AvgIpc) is 3.23. The average molecular weight is 760 g/mol. The van der Waals surface area contributed by atoms with Gasteiger partial charge in [0.1, 0.15) is 12.7 Å². The van der Waals surface area contributed by atoms with Crippen molar-refractivity contribution in [2.75, 3.05) is 6.61 Å². The smallest absolute Gasteiger partial charge is 0.306 e. The molecule has 3 fully saturated rings. The molecule has 0 bridgehead atoms. The van der Waals surface area contributed by atoms with E-state index in [0.29, 0.717) is 17.8 Å². The molecule has 7 unspecified atom stereocenters. The molecular formula is C47H85NO6. The first-order valence-corrected chi connectivity index (χ1v) is 21.6. The Hall–Kier alpha value is -2.15. The van der Waals surface area contributed by atoms with Gasteiger partial charge >= 0.3 is 11.9 Å². The monoisotopic (exact) mass is 760 g/mol. The normalized spacial score (nSPS) is 30.1. The van der Waals surface area contributed by atoms with E-state index in [0.717, 1.165) is 63.4 Å². The van der Waals surface area contributed by atoms with E-state index in [9.17, 15) is 19.6 Å². The summed E-state index contributed by atoms with van der Waals surface area (Å²) in [5, 5.41) is 9.83. The molecule has 0 aliphatic heterocycles. The van der Waals surface area contributed by atoms with E-state index in [1.54, 1.807) is 6.08 Å². The Morgan fingerprint density at radius 3 is 1.96 bits per heavy atom. The van der Waals surface area contributed by atoms with Gasteiger partial charge in [0.2, 0.25) is 5.91 Å². The molecule has 0 saturated heterocycles. The minimum atomic E-state index is -0.577. The fourth-order valence-corrected chi connectivity index (χ4v) is 12.2. The molecular weight excluding hydrogens is 675 g/mol. The van der Waals surface area contributed by atoms with Crippen LogP contribution in [0.1, 0.15) is 181 Å². The minimum absolute atomic E-state index is 0.0132. The SMILES string of the molecule is C=CCOC(=O)CC(C)(C)CC(=O)OC(CC)C(C)(C)C1CCC2(C)C(CCC3C([C@@H](CC)C(=C)C)C(C(=O)NO)CCC[C@]32C)C1(C)C.CC.CCC. The number of hydrogen-bond acceptors (Lipinski definition) is 6. The third-order valence-corrected chi connectivity index (χ3v) is 14.5. The molecule has 0 aromatic rings. The van der Waals surface area contributed by atoms with Gasteiger partial charge in [-0.1, -0.05) is 135 Å². The van der Waals surface area contributed by atoms with Crippen molar-refractivity contribution in [3.05, 3.63) is 24.8 Å². The highest BCUT2D eigenvalue weighted by Gasteiger charge is 2.66. The van der Waals surface area contributed by atoms with E-state index in [-0.39, 0.29) is 82.8 Å². The number of rotatable bonds is 14. The summed E-state index contributed by atoms with van der Waals surface area (Å²) in [5.74, 6) is 0.507. The van der Waals surface area contributed by atoms with Crippen LogP contribution >= 0.6 is 0 Å². The van der Waals surface area contributed by atoms with E-state index in [2.05, 4.69) is 89.3 Å². The molecule has 0 aromatic carbocycles. The van der Waals surface area contributed by atoms with Crippen LogP contribution in [0.5, 0.6) is 0 Å². The molecule has 7 nitrogen and oxygen atoms in total. The molecule has 0 spiro atoms. The second-order valence-electron chi connectivity index (χ2n) is 19.3. The van der Waals surface area contributed by atoms with Crippen LogP contribution in [0.2, 0.25) is 0 Å². The Labute approximate surface area is 332 Å². The maximum atomic E-state index is 13.4. The third kappa shape index (κ3) is 10.8. The van der Waals surface area contributed by atoms with Gasteiger partial charge in [-0.3, -0.25) is 19.6 Å². The molecule has 3 saturated carbocycles. The summed E-state index contributed by atoms with van der Waals surface area (Å²) in [5.41, 5.74) is 2.45. The fraction of sp³-hybridized carbons (Fsp3) is 0.851. The topological polar surface area (TPSA) is 102 Å². The van der Waals surface area contributed by atoms with Crippen molar-refractivity contribution in [3.63, 3.8) is 0 Å². The third-order valence-electron chi connectivity index (χ3n) is 14.5. The summed E-state index contributed by atoms with van der Waals surface area (Å²) in [7, 11) is 0. The van der Waals surface area contributed by atoms with E-state index in [4.69, 9.17) is 9.47 Å². The lowest BCUT2D eigenvalue weighted by Crippen LogP contribution is -2.63. The molecule has 3 aliphatic rings. The molecule has 7 heteroatoms. The molecule has 9 atom stereocenters. The lowest BCUT2D eigenvalue weighted by atomic mass is 9.36. The van der Waals surface area contributed by atoms with Gasteiger partial charge in [-0.15, -0.1) is 0 Å². The lowest BCUT2D eigenvalue weighted by molar-refractivity contribution is -0.213. The molecule has 3 rings (SSSR count). The Morgan fingerprint density at radius 2 is 1.46 bits per heavy atom. The van der Waals surface area contributed by atoms with Crippen molar-refractivity contribution in [2.24, 2.45) is 62.6 Å². The van der Waals surface area contributed by atoms with E-state index in [1.165, 1.54) is 6.42 Å². The van der Waals surface area contributed by atoms with Gasteiger partial charge in [-0.25, -0.2) is 5.48 Å². The van der Waals surface area contributed by atoms with E-state index >= 15 is 0 Å². The number of amides is 1. The van der Waals surface area contributed by atoms with Crippen LogP contribution < -0.4 is 5.48 Å². The van der Waals surface area contributed by atoms with E-state index < -0.39 is 5.41 Å². The quantitative estimate of drug-likeness (QED) is 0.0791. The molecule has 54 heavy (non-hydrogen) atoms. The fourth-order valence-electron chi connectivity index (χ4n) is 12.2. The molecule has 3 aliphatic carbocycles. The van der Waals surface area contributed by atoms with Crippen LogP contribution in [0.4, 0.5) is 0 Å². The molecule has 0 heterocycles. The molecule has 2 N–H and O–H groups in total. The number of ether oxygens (including phenoxy) is 2. The number of nitrogens with one attached hydrogen (secondary N) is 1. The van der Waals surface area contributed by atoms with Crippen molar-refractivity contribution >= 4 is 17.8 Å². The second-order valence-corrected chi connectivity index (χ2v) is 19.3. The second kappa shape index (κ2) is 20.8. The first-order valence-electron chi connectivity index (χ1n) is 21.6. The maximum Gasteiger partial charge on any atom is 0.306 e. The molecule has 0 radical (unpaired) electrons. The number of fused-ring (bicyclic) bond motifs is 3. The largest absolute Gasteiger partial charge is 0.462 e. The van der Waals surface area contributed by atoms with Crippen molar-refractivity contribution in [1.82, 2.24) is 5.48 Å². The predicted molar refractivity (Wildman–Crippen MR) is 224 cm³/mol. The number of allylic oxidation sites excluding steroid dienone is 1. The number of hydrogen-bond donors (Lipinski definition) is 2. The predicted octanol–water partition coefficient (Wildman–Crippen LogP) is 12.3. The van der Waals surface area contributed by atoms with Gasteiger partial charge < -0.3 is 9.47 Å². The first-order chi connectivity index (χ1) is 25.1. The minimum Gasteiger partial charge on any atom is -0.462 e.